The summed E-state index contributed by atoms with van der Waals surface area (Å²) in [6, 6.07) is 0. The van der Waals surface area contributed by atoms with Gasteiger partial charge in [-0.3, -0.25) is 4.98 Å². The highest BCUT2D eigenvalue weighted by atomic mass is 16.5. The predicted molar refractivity (Wildman–Crippen MR) is 62.8 cm³/mol. The first-order valence-electron chi connectivity index (χ1n) is 5.33. The Morgan fingerprint density at radius 1 is 1.28 bits per heavy atom. The van der Waals surface area contributed by atoms with Crippen LogP contribution in [0.3, 0.4) is 0 Å². The van der Waals surface area contributed by atoms with E-state index in [1.807, 2.05) is 6.92 Å². The van der Waals surface area contributed by atoms with Crippen LogP contribution in [-0.2, 0) is 11.8 Å². The molecule has 0 aromatic carbocycles. The monoisotopic (exact) mass is 247 g/mol. The van der Waals surface area contributed by atoms with Crippen molar-refractivity contribution < 1.29 is 9.53 Å². The van der Waals surface area contributed by atoms with Gasteiger partial charge < -0.3 is 4.74 Å². The zero-order valence-electron chi connectivity index (χ0n) is 10.6. The molecule has 0 saturated heterocycles. The maximum absolute atomic E-state index is 11.5. The molecule has 0 amide bonds. The average molecular weight is 247 g/mol. The molecule has 7 heteroatoms. The molecule has 0 bridgehead atoms. The van der Waals surface area contributed by atoms with Gasteiger partial charge in [-0.25, -0.2) is 9.78 Å². The van der Waals surface area contributed by atoms with Crippen molar-refractivity contribution in [1.82, 2.24) is 25.0 Å². The van der Waals surface area contributed by atoms with Crippen molar-refractivity contribution in [2.45, 2.75) is 13.8 Å². The van der Waals surface area contributed by atoms with Crippen molar-refractivity contribution in [2.75, 3.05) is 7.11 Å². The number of esters is 1. The Balaban J connectivity index is 2.53. The Kier molecular flexibility index (Phi) is 3.05. The van der Waals surface area contributed by atoms with E-state index < -0.39 is 5.97 Å². The van der Waals surface area contributed by atoms with Gasteiger partial charge in [0, 0.05) is 7.05 Å². The fourth-order valence-electron chi connectivity index (χ4n) is 1.59. The molecule has 0 aliphatic heterocycles. The molecule has 7 nitrogen and oxygen atoms in total. The molecule has 0 aliphatic rings. The second kappa shape index (κ2) is 4.52. The molecule has 0 unspecified atom stereocenters. The first-order chi connectivity index (χ1) is 8.52. The van der Waals surface area contributed by atoms with E-state index >= 15 is 0 Å². The molecule has 0 fully saturated rings. The Labute approximate surface area is 104 Å². The number of methoxy groups -OCH3 is 1. The quantitative estimate of drug-likeness (QED) is 0.725. The highest BCUT2D eigenvalue weighted by Gasteiger charge is 2.16. The fourth-order valence-corrected chi connectivity index (χ4v) is 1.59. The van der Waals surface area contributed by atoms with E-state index in [1.54, 1.807) is 20.2 Å². The SMILES string of the molecule is COC(=O)c1nc(-c2nn(C)nc2C)cnc1C. The summed E-state index contributed by atoms with van der Waals surface area (Å²) in [5.74, 6) is -0.511. The molecule has 0 radical (unpaired) electrons. The molecule has 0 saturated carbocycles. The van der Waals surface area contributed by atoms with Crippen molar-refractivity contribution in [3.05, 3.63) is 23.3 Å². The number of nitrogens with zero attached hydrogens (tertiary/aromatic N) is 5. The number of rotatable bonds is 2. The molecule has 2 rings (SSSR count). The minimum absolute atomic E-state index is 0.194. The zero-order valence-corrected chi connectivity index (χ0v) is 10.6. The first-order valence-corrected chi connectivity index (χ1v) is 5.33. The minimum Gasteiger partial charge on any atom is -0.464 e. The highest BCUT2D eigenvalue weighted by Crippen LogP contribution is 2.17. The molecular weight excluding hydrogens is 234 g/mol. The van der Waals surface area contributed by atoms with Crippen molar-refractivity contribution in [2.24, 2.45) is 7.05 Å². The van der Waals surface area contributed by atoms with Crippen LogP contribution in [0.2, 0.25) is 0 Å². The van der Waals surface area contributed by atoms with Gasteiger partial charge in [0.15, 0.2) is 5.69 Å². The number of aromatic nitrogens is 5. The van der Waals surface area contributed by atoms with E-state index in [1.165, 1.54) is 11.9 Å². The van der Waals surface area contributed by atoms with Crippen molar-refractivity contribution >= 4 is 5.97 Å². The van der Waals surface area contributed by atoms with Gasteiger partial charge in [-0.05, 0) is 13.8 Å². The second-order valence-corrected chi connectivity index (χ2v) is 3.80. The van der Waals surface area contributed by atoms with Crippen LogP contribution >= 0.6 is 0 Å². The summed E-state index contributed by atoms with van der Waals surface area (Å²) >= 11 is 0. The zero-order chi connectivity index (χ0) is 13.3. The molecule has 0 N–H and O–H groups in total. The van der Waals surface area contributed by atoms with Gasteiger partial charge in [-0.2, -0.15) is 15.0 Å². The van der Waals surface area contributed by atoms with Crippen LogP contribution in [0.15, 0.2) is 6.20 Å². The van der Waals surface area contributed by atoms with Crippen molar-refractivity contribution in [3.8, 4) is 11.4 Å². The number of carbonyl (C=O) groups excluding carboxylic acids is 1. The molecule has 0 aliphatic carbocycles. The molecule has 18 heavy (non-hydrogen) atoms. The molecule has 2 heterocycles. The number of hydrogen-bond donors (Lipinski definition) is 0. The third-order valence-corrected chi connectivity index (χ3v) is 2.46. The smallest absolute Gasteiger partial charge is 0.358 e. The third kappa shape index (κ3) is 2.06. The van der Waals surface area contributed by atoms with Crippen LogP contribution in [0.4, 0.5) is 0 Å². The lowest BCUT2D eigenvalue weighted by molar-refractivity contribution is 0.0592. The van der Waals surface area contributed by atoms with Gasteiger partial charge in [0.25, 0.3) is 0 Å². The van der Waals surface area contributed by atoms with Crippen LogP contribution in [0.5, 0.6) is 0 Å². The molecular formula is C11H13N5O2. The topological polar surface area (TPSA) is 82.8 Å². The molecule has 0 spiro atoms. The number of aryl methyl sites for hydroxylation is 3. The van der Waals surface area contributed by atoms with E-state index in [4.69, 9.17) is 0 Å². The normalized spacial score (nSPS) is 10.4. The molecule has 0 atom stereocenters. The predicted octanol–water partition coefficient (Wildman–Crippen LogP) is 0.676. The van der Waals surface area contributed by atoms with Gasteiger partial charge in [-0.15, -0.1) is 0 Å². The lowest BCUT2D eigenvalue weighted by atomic mass is 10.2. The maximum atomic E-state index is 11.5. The van der Waals surface area contributed by atoms with E-state index in [9.17, 15) is 4.79 Å². The highest BCUT2D eigenvalue weighted by molar-refractivity contribution is 5.88. The van der Waals surface area contributed by atoms with E-state index in [0.29, 0.717) is 17.1 Å². The molecule has 94 valence electrons. The fraction of sp³-hybridized carbons (Fsp3) is 0.364. The summed E-state index contributed by atoms with van der Waals surface area (Å²) in [4.78, 5) is 21.4. The number of hydrogen-bond acceptors (Lipinski definition) is 6. The molecule has 2 aromatic heterocycles. The van der Waals surface area contributed by atoms with Crippen molar-refractivity contribution in [3.63, 3.8) is 0 Å². The maximum Gasteiger partial charge on any atom is 0.358 e. The van der Waals surface area contributed by atoms with Crippen molar-refractivity contribution in [1.29, 1.82) is 0 Å². The summed E-state index contributed by atoms with van der Waals surface area (Å²) in [7, 11) is 3.03. The van der Waals surface area contributed by atoms with Gasteiger partial charge >= 0.3 is 5.97 Å². The van der Waals surface area contributed by atoms with Gasteiger partial charge in [0.05, 0.1) is 24.7 Å². The summed E-state index contributed by atoms with van der Waals surface area (Å²) in [5.41, 5.74) is 2.56. The van der Waals surface area contributed by atoms with Crippen LogP contribution in [0.25, 0.3) is 11.4 Å². The summed E-state index contributed by atoms with van der Waals surface area (Å²) < 4.78 is 4.66. The van der Waals surface area contributed by atoms with E-state index in [0.717, 1.165) is 5.69 Å². The lowest BCUT2D eigenvalue weighted by Gasteiger charge is -2.04. The first kappa shape index (κ1) is 12.2. The largest absolute Gasteiger partial charge is 0.464 e. The van der Waals surface area contributed by atoms with Crippen LogP contribution < -0.4 is 0 Å². The third-order valence-electron chi connectivity index (χ3n) is 2.46. The Morgan fingerprint density at radius 3 is 2.56 bits per heavy atom. The average Bonchev–Trinajstić information content (AvgIpc) is 2.68. The molecule has 2 aromatic rings. The summed E-state index contributed by atoms with van der Waals surface area (Å²) in [6.07, 6.45) is 1.57. The van der Waals surface area contributed by atoms with E-state index in [-0.39, 0.29) is 5.69 Å². The van der Waals surface area contributed by atoms with Crippen LogP contribution in [0.1, 0.15) is 21.9 Å². The van der Waals surface area contributed by atoms with Crippen LogP contribution in [-0.4, -0.2) is 38.0 Å². The van der Waals surface area contributed by atoms with Gasteiger partial charge in [0.2, 0.25) is 0 Å². The van der Waals surface area contributed by atoms with Gasteiger partial charge in [-0.1, -0.05) is 0 Å². The standard InChI is InChI=1S/C11H13N5O2/c1-6-10(11(17)18-4)13-8(5-12-6)9-7(2)14-16(3)15-9/h5H,1-4H3. The Hall–Kier alpha value is -2.31. The Bertz CT molecular complexity index is 605. The van der Waals surface area contributed by atoms with Gasteiger partial charge in [0.1, 0.15) is 11.4 Å². The number of ether oxygens (including phenoxy) is 1. The summed E-state index contributed by atoms with van der Waals surface area (Å²) in [5, 5.41) is 8.31. The summed E-state index contributed by atoms with van der Waals surface area (Å²) in [6.45, 7) is 3.52. The van der Waals surface area contributed by atoms with Crippen LogP contribution in [0, 0.1) is 13.8 Å². The Morgan fingerprint density at radius 2 is 2.00 bits per heavy atom. The lowest BCUT2D eigenvalue weighted by Crippen LogP contribution is -2.09. The number of carbonyl (C=O) groups is 1. The van der Waals surface area contributed by atoms with E-state index in [2.05, 4.69) is 24.9 Å². The second-order valence-electron chi connectivity index (χ2n) is 3.80. The minimum atomic E-state index is -0.511.